The van der Waals surface area contributed by atoms with Crippen molar-refractivity contribution in [1.29, 1.82) is 0 Å². The summed E-state index contributed by atoms with van der Waals surface area (Å²) in [5.74, 6) is 1.26. The number of rotatable bonds is 4. The van der Waals surface area contributed by atoms with Crippen molar-refractivity contribution in [3.05, 3.63) is 34.6 Å². The van der Waals surface area contributed by atoms with Crippen LogP contribution in [0.5, 0.6) is 11.5 Å². The summed E-state index contributed by atoms with van der Waals surface area (Å²) in [6.45, 7) is 2.20. The number of hydrogen-bond donors (Lipinski definition) is 1. The molecule has 0 saturated heterocycles. The van der Waals surface area contributed by atoms with Crippen LogP contribution < -0.4 is 15.2 Å². The SMILES string of the molecule is COc1ccc(N)c(OCc2c(C)nn(C)c2Cl)c1. The third-order valence-corrected chi connectivity index (χ3v) is 3.34. The maximum absolute atomic E-state index is 6.14. The minimum Gasteiger partial charge on any atom is -0.497 e. The topological polar surface area (TPSA) is 62.3 Å². The lowest BCUT2D eigenvalue weighted by atomic mass is 10.2. The lowest BCUT2D eigenvalue weighted by molar-refractivity contribution is 0.304. The molecule has 1 aromatic heterocycles. The predicted molar refractivity (Wildman–Crippen MR) is 74.7 cm³/mol. The molecule has 0 aliphatic heterocycles. The highest BCUT2D eigenvalue weighted by Gasteiger charge is 2.12. The Morgan fingerprint density at radius 3 is 2.74 bits per heavy atom. The van der Waals surface area contributed by atoms with Gasteiger partial charge in [-0.05, 0) is 19.1 Å². The second-order valence-corrected chi connectivity index (χ2v) is 4.53. The molecule has 0 aliphatic rings. The van der Waals surface area contributed by atoms with Crippen LogP contribution in [-0.4, -0.2) is 16.9 Å². The fourth-order valence-electron chi connectivity index (χ4n) is 1.75. The van der Waals surface area contributed by atoms with Crippen LogP contribution in [-0.2, 0) is 13.7 Å². The van der Waals surface area contributed by atoms with Gasteiger partial charge in [0.05, 0.1) is 18.5 Å². The predicted octanol–water partition coefficient (Wildman–Crippen LogP) is 2.55. The van der Waals surface area contributed by atoms with E-state index >= 15 is 0 Å². The fourth-order valence-corrected chi connectivity index (χ4v) is 1.98. The molecule has 0 unspecified atom stereocenters. The molecular formula is C13H16ClN3O2. The van der Waals surface area contributed by atoms with E-state index in [1.807, 2.05) is 6.92 Å². The number of halogens is 1. The highest BCUT2D eigenvalue weighted by molar-refractivity contribution is 6.30. The Morgan fingerprint density at radius 2 is 2.16 bits per heavy atom. The normalized spacial score (nSPS) is 10.5. The third-order valence-electron chi connectivity index (χ3n) is 2.86. The lowest BCUT2D eigenvalue weighted by Gasteiger charge is -2.10. The van der Waals surface area contributed by atoms with Crippen LogP contribution >= 0.6 is 11.6 Å². The molecule has 0 saturated carbocycles. The van der Waals surface area contributed by atoms with Gasteiger partial charge in [-0.25, -0.2) is 0 Å². The maximum atomic E-state index is 6.14. The summed E-state index contributed by atoms with van der Waals surface area (Å²) in [5, 5.41) is 4.80. The van der Waals surface area contributed by atoms with Crippen molar-refractivity contribution in [3.63, 3.8) is 0 Å². The molecule has 1 aromatic carbocycles. The summed E-state index contributed by atoms with van der Waals surface area (Å²) < 4.78 is 12.4. The van der Waals surface area contributed by atoms with Gasteiger partial charge in [-0.15, -0.1) is 0 Å². The number of benzene rings is 1. The number of ether oxygens (including phenoxy) is 2. The van der Waals surface area contributed by atoms with Crippen LogP contribution in [0.4, 0.5) is 5.69 Å². The Balaban J connectivity index is 2.18. The minimum atomic E-state index is 0.315. The molecule has 0 fully saturated rings. The number of anilines is 1. The first-order chi connectivity index (χ1) is 9.02. The number of aromatic nitrogens is 2. The quantitative estimate of drug-likeness (QED) is 0.875. The van der Waals surface area contributed by atoms with Gasteiger partial charge in [0, 0.05) is 18.7 Å². The molecule has 19 heavy (non-hydrogen) atoms. The zero-order chi connectivity index (χ0) is 14.0. The molecule has 0 bridgehead atoms. The van der Waals surface area contributed by atoms with Gasteiger partial charge in [-0.2, -0.15) is 5.10 Å². The van der Waals surface area contributed by atoms with Gasteiger partial charge in [0.25, 0.3) is 0 Å². The molecule has 6 heteroatoms. The van der Waals surface area contributed by atoms with Crippen LogP contribution in [0.25, 0.3) is 0 Å². The molecule has 1 heterocycles. The van der Waals surface area contributed by atoms with E-state index in [9.17, 15) is 0 Å². The lowest BCUT2D eigenvalue weighted by Crippen LogP contribution is -2.00. The average molecular weight is 282 g/mol. The van der Waals surface area contributed by atoms with Gasteiger partial charge in [0.15, 0.2) is 0 Å². The third kappa shape index (κ3) is 2.76. The van der Waals surface area contributed by atoms with E-state index in [-0.39, 0.29) is 0 Å². The Bertz CT molecular complexity index is 596. The molecule has 0 atom stereocenters. The Labute approximate surface area is 116 Å². The average Bonchev–Trinajstić information content (AvgIpc) is 2.63. The minimum absolute atomic E-state index is 0.315. The van der Waals surface area contributed by atoms with Crippen molar-refractivity contribution < 1.29 is 9.47 Å². The van der Waals surface area contributed by atoms with Crippen molar-refractivity contribution >= 4 is 17.3 Å². The Morgan fingerprint density at radius 1 is 1.42 bits per heavy atom. The molecule has 0 radical (unpaired) electrons. The summed E-state index contributed by atoms with van der Waals surface area (Å²) in [6.07, 6.45) is 0. The fraction of sp³-hybridized carbons (Fsp3) is 0.308. The number of hydrogen-bond acceptors (Lipinski definition) is 4. The smallest absolute Gasteiger partial charge is 0.146 e. The zero-order valence-electron chi connectivity index (χ0n) is 11.1. The summed E-state index contributed by atoms with van der Waals surface area (Å²) in [6, 6.07) is 5.27. The Kier molecular flexibility index (Phi) is 3.85. The van der Waals surface area contributed by atoms with E-state index in [4.69, 9.17) is 26.8 Å². The molecule has 0 amide bonds. The summed E-state index contributed by atoms with van der Waals surface area (Å²) in [7, 11) is 3.39. The molecule has 2 N–H and O–H groups in total. The van der Waals surface area contributed by atoms with Crippen molar-refractivity contribution in [2.24, 2.45) is 7.05 Å². The molecule has 102 valence electrons. The van der Waals surface area contributed by atoms with Gasteiger partial charge >= 0.3 is 0 Å². The number of nitrogens with zero attached hydrogens (tertiary/aromatic N) is 2. The van der Waals surface area contributed by atoms with E-state index in [0.717, 1.165) is 11.3 Å². The summed E-state index contributed by atoms with van der Waals surface area (Å²) >= 11 is 6.14. The second-order valence-electron chi connectivity index (χ2n) is 4.17. The van der Waals surface area contributed by atoms with Crippen LogP contribution in [0.1, 0.15) is 11.3 Å². The van der Waals surface area contributed by atoms with Crippen LogP contribution in [0, 0.1) is 6.92 Å². The van der Waals surface area contributed by atoms with Crippen LogP contribution in [0.3, 0.4) is 0 Å². The van der Waals surface area contributed by atoms with Gasteiger partial charge in [-0.3, -0.25) is 4.68 Å². The van der Waals surface area contributed by atoms with Crippen molar-refractivity contribution in [2.45, 2.75) is 13.5 Å². The summed E-state index contributed by atoms with van der Waals surface area (Å²) in [5.41, 5.74) is 8.10. The standard InChI is InChI=1S/C13H16ClN3O2/c1-8-10(13(14)17(2)16-8)7-19-12-6-9(18-3)4-5-11(12)15/h4-6H,7,15H2,1-3H3. The van der Waals surface area contributed by atoms with Gasteiger partial charge in [0.2, 0.25) is 0 Å². The maximum Gasteiger partial charge on any atom is 0.146 e. The molecule has 2 aromatic rings. The van der Waals surface area contributed by atoms with Crippen molar-refractivity contribution in [2.75, 3.05) is 12.8 Å². The van der Waals surface area contributed by atoms with Crippen molar-refractivity contribution in [3.8, 4) is 11.5 Å². The number of nitrogen functional groups attached to an aromatic ring is 1. The van der Waals surface area contributed by atoms with E-state index in [1.165, 1.54) is 0 Å². The molecule has 5 nitrogen and oxygen atoms in total. The zero-order valence-corrected chi connectivity index (χ0v) is 11.9. The summed E-state index contributed by atoms with van der Waals surface area (Å²) in [4.78, 5) is 0. The number of aryl methyl sites for hydroxylation is 2. The largest absolute Gasteiger partial charge is 0.497 e. The first-order valence-electron chi connectivity index (χ1n) is 5.77. The molecule has 2 rings (SSSR count). The number of methoxy groups -OCH3 is 1. The second kappa shape index (κ2) is 5.40. The number of nitrogens with two attached hydrogens (primary N) is 1. The highest BCUT2D eigenvalue weighted by Crippen LogP contribution is 2.28. The van der Waals surface area contributed by atoms with Gasteiger partial charge in [-0.1, -0.05) is 11.6 Å². The first kappa shape index (κ1) is 13.5. The van der Waals surface area contributed by atoms with E-state index in [2.05, 4.69) is 5.10 Å². The van der Waals surface area contributed by atoms with Crippen LogP contribution in [0.15, 0.2) is 18.2 Å². The van der Waals surface area contributed by atoms with E-state index in [1.54, 1.807) is 37.0 Å². The Hall–Kier alpha value is -1.88. The van der Waals surface area contributed by atoms with Gasteiger partial charge in [0.1, 0.15) is 23.3 Å². The van der Waals surface area contributed by atoms with Crippen molar-refractivity contribution in [1.82, 2.24) is 9.78 Å². The molecular weight excluding hydrogens is 266 g/mol. The monoisotopic (exact) mass is 281 g/mol. The van der Waals surface area contributed by atoms with E-state index in [0.29, 0.717) is 28.9 Å². The molecule has 0 aliphatic carbocycles. The first-order valence-corrected chi connectivity index (χ1v) is 6.15. The van der Waals surface area contributed by atoms with Crippen LogP contribution in [0.2, 0.25) is 5.15 Å². The van der Waals surface area contributed by atoms with E-state index < -0.39 is 0 Å². The van der Waals surface area contributed by atoms with Gasteiger partial charge < -0.3 is 15.2 Å². The molecule has 0 spiro atoms. The highest BCUT2D eigenvalue weighted by atomic mass is 35.5.